The van der Waals surface area contributed by atoms with Gasteiger partial charge in [-0.1, -0.05) is 17.7 Å². The van der Waals surface area contributed by atoms with Crippen LogP contribution >= 0.6 is 11.6 Å². The Hall–Kier alpha value is -2.88. The summed E-state index contributed by atoms with van der Waals surface area (Å²) in [6.45, 7) is 3.38. The zero-order valence-corrected chi connectivity index (χ0v) is 16.1. The molecule has 0 N–H and O–H groups in total. The normalized spacial score (nSPS) is 15.2. The average Bonchev–Trinajstić information content (AvgIpc) is 3.11. The van der Waals surface area contributed by atoms with E-state index in [9.17, 15) is 18.0 Å². The Bertz CT molecular complexity index is 1080. The van der Waals surface area contributed by atoms with Gasteiger partial charge in [0, 0.05) is 48.5 Å². The zero-order chi connectivity index (χ0) is 20.8. The maximum absolute atomic E-state index is 13.0. The molecule has 7 nitrogen and oxygen atoms in total. The number of hydrogen-bond donors (Lipinski definition) is 0. The van der Waals surface area contributed by atoms with Crippen LogP contribution in [0.1, 0.15) is 21.9 Å². The van der Waals surface area contributed by atoms with Crippen LogP contribution in [-0.2, 0) is 6.18 Å². The SMILES string of the molecule is Cc1cc(N2CCN(C(=O)c3cccc(Cl)c3)CC2)n2nc(C(F)(F)F)nc2n1. The number of amides is 1. The lowest BCUT2D eigenvalue weighted by molar-refractivity contribution is -0.144. The number of hydrogen-bond acceptors (Lipinski definition) is 5. The molecule has 2 aromatic heterocycles. The Balaban J connectivity index is 1.56. The van der Waals surface area contributed by atoms with E-state index in [0.717, 1.165) is 4.52 Å². The van der Waals surface area contributed by atoms with Crippen LogP contribution in [0.2, 0.25) is 5.02 Å². The van der Waals surface area contributed by atoms with E-state index in [2.05, 4.69) is 15.1 Å². The van der Waals surface area contributed by atoms with Gasteiger partial charge in [-0.25, -0.2) is 4.98 Å². The molecule has 1 aromatic carbocycles. The molecule has 0 bridgehead atoms. The molecular formula is C18H16ClF3N6O. The number of benzene rings is 1. The first kappa shape index (κ1) is 19.4. The summed E-state index contributed by atoms with van der Waals surface area (Å²) in [5, 5.41) is 4.08. The van der Waals surface area contributed by atoms with E-state index < -0.39 is 12.0 Å². The third kappa shape index (κ3) is 3.84. The molecule has 1 fully saturated rings. The number of halogens is 4. The minimum absolute atomic E-state index is 0.107. The molecule has 4 rings (SSSR count). The molecule has 1 aliphatic rings. The summed E-state index contributed by atoms with van der Waals surface area (Å²) in [6.07, 6.45) is -4.65. The molecule has 0 radical (unpaired) electrons. The fraction of sp³-hybridized carbons (Fsp3) is 0.333. The summed E-state index contributed by atoms with van der Waals surface area (Å²) in [5.74, 6) is -1.01. The van der Waals surface area contributed by atoms with Crippen molar-refractivity contribution in [3.05, 3.63) is 52.4 Å². The van der Waals surface area contributed by atoms with Gasteiger partial charge in [-0.05, 0) is 25.1 Å². The van der Waals surface area contributed by atoms with Gasteiger partial charge in [0.1, 0.15) is 5.82 Å². The number of rotatable bonds is 2. The van der Waals surface area contributed by atoms with Crippen LogP contribution in [0.15, 0.2) is 30.3 Å². The first-order valence-electron chi connectivity index (χ1n) is 8.84. The molecule has 11 heteroatoms. The molecule has 1 saturated heterocycles. The number of aryl methyl sites for hydroxylation is 1. The van der Waals surface area contributed by atoms with Crippen molar-refractivity contribution in [1.29, 1.82) is 0 Å². The van der Waals surface area contributed by atoms with E-state index in [-0.39, 0.29) is 11.7 Å². The lowest BCUT2D eigenvalue weighted by atomic mass is 10.2. The smallest absolute Gasteiger partial charge is 0.353 e. The van der Waals surface area contributed by atoms with Gasteiger partial charge in [0.05, 0.1) is 0 Å². The van der Waals surface area contributed by atoms with Crippen LogP contribution in [-0.4, -0.2) is 56.6 Å². The lowest BCUT2D eigenvalue weighted by Gasteiger charge is -2.36. The zero-order valence-electron chi connectivity index (χ0n) is 15.3. The van der Waals surface area contributed by atoms with Crippen molar-refractivity contribution in [3.8, 4) is 0 Å². The highest BCUT2D eigenvalue weighted by atomic mass is 35.5. The van der Waals surface area contributed by atoms with Crippen molar-refractivity contribution in [3.63, 3.8) is 0 Å². The quantitative estimate of drug-likeness (QED) is 0.632. The van der Waals surface area contributed by atoms with Gasteiger partial charge in [-0.2, -0.15) is 22.7 Å². The van der Waals surface area contributed by atoms with E-state index in [4.69, 9.17) is 11.6 Å². The van der Waals surface area contributed by atoms with Gasteiger partial charge >= 0.3 is 6.18 Å². The average molecular weight is 425 g/mol. The van der Waals surface area contributed by atoms with E-state index in [1.165, 1.54) is 0 Å². The summed E-state index contributed by atoms with van der Waals surface area (Å²) >= 11 is 5.95. The molecule has 152 valence electrons. The molecular weight excluding hydrogens is 409 g/mol. The minimum Gasteiger partial charge on any atom is -0.353 e. The monoisotopic (exact) mass is 424 g/mol. The second kappa shape index (κ2) is 7.18. The van der Waals surface area contributed by atoms with Crippen LogP contribution in [0.3, 0.4) is 0 Å². The second-order valence-corrected chi connectivity index (χ2v) is 7.13. The van der Waals surface area contributed by atoms with Gasteiger partial charge in [0.25, 0.3) is 17.5 Å². The predicted octanol–water partition coefficient (Wildman–Crippen LogP) is 3.07. The van der Waals surface area contributed by atoms with Crippen LogP contribution in [0, 0.1) is 6.92 Å². The third-order valence-electron chi connectivity index (χ3n) is 4.64. The maximum Gasteiger partial charge on any atom is 0.453 e. The lowest BCUT2D eigenvalue weighted by Crippen LogP contribution is -2.49. The standard InChI is InChI=1S/C18H16ClF3N6O/c1-11-9-14(28-17(23-11)24-16(25-28)18(20,21)22)26-5-7-27(8-6-26)15(29)12-3-2-4-13(19)10-12/h2-4,9-10H,5-8H2,1H3. The molecule has 0 aliphatic carbocycles. The number of carbonyl (C=O) groups is 1. The molecule has 0 spiro atoms. The highest BCUT2D eigenvalue weighted by Crippen LogP contribution is 2.28. The molecule has 0 atom stereocenters. The molecule has 29 heavy (non-hydrogen) atoms. The van der Waals surface area contributed by atoms with Crippen molar-refractivity contribution in [2.45, 2.75) is 13.1 Å². The molecule has 3 heterocycles. The Labute approximate surface area is 168 Å². The largest absolute Gasteiger partial charge is 0.453 e. The van der Waals surface area contributed by atoms with Crippen molar-refractivity contribution in [2.24, 2.45) is 0 Å². The molecule has 3 aromatic rings. The second-order valence-electron chi connectivity index (χ2n) is 6.69. The highest BCUT2D eigenvalue weighted by molar-refractivity contribution is 6.30. The molecule has 1 aliphatic heterocycles. The van der Waals surface area contributed by atoms with E-state index in [0.29, 0.717) is 48.3 Å². The number of nitrogens with zero attached hydrogens (tertiary/aromatic N) is 6. The summed E-state index contributed by atoms with van der Waals surface area (Å²) in [6, 6.07) is 8.38. The van der Waals surface area contributed by atoms with E-state index in [1.54, 1.807) is 42.2 Å². The summed E-state index contributed by atoms with van der Waals surface area (Å²) in [7, 11) is 0. The highest BCUT2D eigenvalue weighted by Gasteiger charge is 2.37. The molecule has 0 unspecified atom stereocenters. The number of fused-ring (bicyclic) bond motifs is 1. The third-order valence-corrected chi connectivity index (χ3v) is 4.87. The maximum atomic E-state index is 13.0. The topological polar surface area (TPSA) is 66.6 Å². The van der Waals surface area contributed by atoms with Crippen LogP contribution in [0.4, 0.5) is 19.0 Å². The van der Waals surface area contributed by atoms with Crippen LogP contribution in [0.25, 0.3) is 5.78 Å². The van der Waals surface area contributed by atoms with Gasteiger partial charge in [0.2, 0.25) is 0 Å². The first-order valence-corrected chi connectivity index (χ1v) is 9.21. The first-order chi connectivity index (χ1) is 13.7. The van der Waals surface area contributed by atoms with Crippen LogP contribution in [0.5, 0.6) is 0 Å². The Kier molecular flexibility index (Phi) is 4.81. The van der Waals surface area contributed by atoms with Crippen molar-refractivity contribution in [2.75, 3.05) is 31.1 Å². The van der Waals surface area contributed by atoms with Crippen LogP contribution < -0.4 is 4.90 Å². The van der Waals surface area contributed by atoms with Gasteiger partial charge < -0.3 is 9.80 Å². The fourth-order valence-electron chi connectivity index (χ4n) is 3.26. The fourth-order valence-corrected chi connectivity index (χ4v) is 3.45. The summed E-state index contributed by atoms with van der Waals surface area (Å²) in [4.78, 5) is 23.8. The van der Waals surface area contributed by atoms with E-state index in [1.807, 2.05) is 4.90 Å². The number of aromatic nitrogens is 4. The van der Waals surface area contributed by atoms with Crippen molar-refractivity contribution < 1.29 is 18.0 Å². The van der Waals surface area contributed by atoms with Crippen molar-refractivity contribution in [1.82, 2.24) is 24.5 Å². The van der Waals surface area contributed by atoms with Crippen molar-refractivity contribution >= 4 is 29.1 Å². The summed E-state index contributed by atoms with van der Waals surface area (Å²) in [5.41, 5.74) is 1.03. The Morgan fingerprint density at radius 2 is 1.83 bits per heavy atom. The van der Waals surface area contributed by atoms with Gasteiger partial charge in [0.15, 0.2) is 0 Å². The predicted molar refractivity (Wildman–Crippen MR) is 100 cm³/mol. The van der Waals surface area contributed by atoms with Gasteiger partial charge in [-0.15, -0.1) is 5.10 Å². The number of alkyl halides is 3. The minimum atomic E-state index is -4.65. The Morgan fingerprint density at radius 1 is 1.10 bits per heavy atom. The number of anilines is 1. The van der Waals surface area contributed by atoms with E-state index >= 15 is 0 Å². The number of carbonyl (C=O) groups excluding carboxylic acids is 1. The Morgan fingerprint density at radius 3 is 2.48 bits per heavy atom. The van der Waals surface area contributed by atoms with Gasteiger partial charge in [-0.3, -0.25) is 4.79 Å². The molecule has 1 amide bonds. The summed E-state index contributed by atoms with van der Waals surface area (Å²) < 4.78 is 40.1. The molecule has 0 saturated carbocycles. The number of piperazine rings is 1.